The second-order valence-electron chi connectivity index (χ2n) is 4.43. The predicted octanol–water partition coefficient (Wildman–Crippen LogP) is 4.58. The molecule has 0 atom stereocenters. The van der Waals surface area contributed by atoms with Gasteiger partial charge >= 0.3 is 0 Å². The molecule has 0 heterocycles. The molecule has 0 saturated carbocycles. The fourth-order valence-corrected chi connectivity index (χ4v) is 2.42. The summed E-state index contributed by atoms with van der Waals surface area (Å²) in [5.41, 5.74) is 2.78. The summed E-state index contributed by atoms with van der Waals surface area (Å²) in [6.07, 6.45) is 7.43. The molecule has 0 amide bonds. The Balaban J connectivity index is 1.72. The van der Waals surface area contributed by atoms with Gasteiger partial charge in [0.1, 0.15) is 0 Å². The fraction of sp³-hybridized carbons (Fsp3) is 0.429. The van der Waals surface area contributed by atoms with Crippen LogP contribution in [0.5, 0.6) is 0 Å². The molecule has 3 heteroatoms. The van der Waals surface area contributed by atoms with Gasteiger partial charge in [0.25, 0.3) is 0 Å². The van der Waals surface area contributed by atoms with E-state index in [0.717, 1.165) is 13.1 Å². The number of halogens is 2. The first kappa shape index (κ1) is 12.9. The van der Waals surface area contributed by atoms with Crippen LogP contribution in [0.3, 0.4) is 0 Å². The maximum atomic E-state index is 5.96. The quantitative estimate of drug-likeness (QED) is 0.609. The monoisotopic (exact) mass is 269 g/mol. The van der Waals surface area contributed by atoms with E-state index in [1.54, 1.807) is 5.57 Å². The van der Waals surface area contributed by atoms with E-state index in [0.29, 0.717) is 10.0 Å². The molecule has 0 radical (unpaired) electrons. The van der Waals surface area contributed by atoms with Crippen molar-refractivity contribution in [3.8, 4) is 0 Å². The second kappa shape index (κ2) is 6.44. The third kappa shape index (κ3) is 4.02. The Kier molecular flexibility index (Phi) is 4.90. The average Bonchev–Trinajstić information content (AvgIpc) is 2.82. The van der Waals surface area contributed by atoms with Gasteiger partial charge in [-0.3, -0.25) is 0 Å². The fourth-order valence-electron chi connectivity index (χ4n) is 2.10. The summed E-state index contributed by atoms with van der Waals surface area (Å²) in [5.74, 6) is 0. The van der Waals surface area contributed by atoms with Gasteiger partial charge in [-0.2, -0.15) is 0 Å². The largest absolute Gasteiger partial charge is 0.312 e. The van der Waals surface area contributed by atoms with Gasteiger partial charge in [0.2, 0.25) is 0 Å². The molecule has 0 spiro atoms. The van der Waals surface area contributed by atoms with Crippen molar-refractivity contribution in [1.29, 1.82) is 0 Å². The van der Waals surface area contributed by atoms with Crippen LogP contribution in [0.15, 0.2) is 29.8 Å². The molecule has 0 bridgehead atoms. The highest BCUT2D eigenvalue weighted by Gasteiger charge is 2.04. The zero-order valence-corrected chi connectivity index (χ0v) is 11.3. The molecule has 0 fully saturated rings. The Morgan fingerprint density at radius 3 is 2.76 bits per heavy atom. The minimum Gasteiger partial charge on any atom is -0.312 e. The molecule has 1 N–H and O–H groups in total. The first-order valence-corrected chi connectivity index (χ1v) is 6.84. The molecule has 1 nitrogen and oxygen atoms in total. The molecule has 0 unspecified atom stereocenters. The van der Waals surface area contributed by atoms with E-state index in [1.807, 2.05) is 18.2 Å². The number of hydrogen-bond donors (Lipinski definition) is 1. The molecule has 1 aromatic rings. The molecule has 2 rings (SSSR count). The van der Waals surface area contributed by atoms with Crippen LogP contribution in [-0.4, -0.2) is 6.54 Å². The Hall–Kier alpha value is -0.500. The first-order chi connectivity index (χ1) is 8.25. The van der Waals surface area contributed by atoms with Crippen LogP contribution in [0.25, 0.3) is 0 Å². The van der Waals surface area contributed by atoms with Crippen molar-refractivity contribution in [3.63, 3.8) is 0 Å². The van der Waals surface area contributed by atoms with Crippen molar-refractivity contribution in [2.24, 2.45) is 0 Å². The lowest BCUT2D eigenvalue weighted by molar-refractivity contribution is 0.676. The smallest absolute Gasteiger partial charge is 0.0595 e. The van der Waals surface area contributed by atoms with E-state index in [4.69, 9.17) is 23.2 Å². The first-order valence-electron chi connectivity index (χ1n) is 6.08. The molecule has 1 aliphatic rings. The van der Waals surface area contributed by atoms with Crippen LogP contribution in [0.1, 0.15) is 31.2 Å². The van der Waals surface area contributed by atoms with Crippen molar-refractivity contribution in [2.45, 2.75) is 32.2 Å². The molecule has 0 aliphatic heterocycles. The van der Waals surface area contributed by atoms with Crippen molar-refractivity contribution < 1.29 is 0 Å². The van der Waals surface area contributed by atoms with Crippen LogP contribution in [0, 0.1) is 0 Å². The van der Waals surface area contributed by atoms with Crippen molar-refractivity contribution in [1.82, 2.24) is 5.32 Å². The van der Waals surface area contributed by atoms with Crippen LogP contribution in [-0.2, 0) is 6.54 Å². The van der Waals surface area contributed by atoms with E-state index < -0.39 is 0 Å². The summed E-state index contributed by atoms with van der Waals surface area (Å²) >= 11 is 11.8. The minimum absolute atomic E-state index is 0.617. The molecule has 1 aliphatic carbocycles. The summed E-state index contributed by atoms with van der Waals surface area (Å²) in [4.78, 5) is 0. The molecule has 0 saturated heterocycles. The van der Waals surface area contributed by atoms with E-state index in [-0.39, 0.29) is 0 Å². The van der Waals surface area contributed by atoms with Gasteiger partial charge in [0, 0.05) is 6.54 Å². The third-order valence-corrected chi connectivity index (χ3v) is 3.81. The van der Waals surface area contributed by atoms with E-state index in [2.05, 4.69) is 11.4 Å². The number of rotatable bonds is 5. The standard InChI is InChI=1S/C14H17Cl2N/c15-13-6-5-12(9-14(13)16)10-17-8-7-11-3-1-2-4-11/h3,5-6,9,17H,1-2,4,7-8,10H2. The van der Waals surface area contributed by atoms with E-state index >= 15 is 0 Å². The highest BCUT2D eigenvalue weighted by molar-refractivity contribution is 6.42. The topological polar surface area (TPSA) is 12.0 Å². The Bertz CT molecular complexity index is 413. The lowest BCUT2D eigenvalue weighted by Crippen LogP contribution is -2.15. The van der Waals surface area contributed by atoms with Crippen LogP contribution in [0.2, 0.25) is 10.0 Å². The van der Waals surface area contributed by atoms with Gasteiger partial charge in [-0.05, 0) is 49.9 Å². The van der Waals surface area contributed by atoms with Crippen LogP contribution >= 0.6 is 23.2 Å². The molecule has 92 valence electrons. The van der Waals surface area contributed by atoms with Crippen LogP contribution < -0.4 is 5.32 Å². The molecule has 0 aromatic heterocycles. The lowest BCUT2D eigenvalue weighted by Gasteiger charge is -2.06. The number of hydrogen-bond acceptors (Lipinski definition) is 1. The van der Waals surface area contributed by atoms with E-state index in [9.17, 15) is 0 Å². The summed E-state index contributed by atoms with van der Waals surface area (Å²) in [6.45, 7) is 1.89. The third-order valence-electron chi connectivity index (χ3n) is 3.07. The van der Waals surface area contributed by atoms with Gasteiger partial charge < -0.3 is 5.32 Å². The van der Waals surface area contributed by atoms with Crippen molar-refractivity contribution >= 4 is 23.2 Å². The predicted molar refractivity (Wildman–Crippen MR) is 74.7 cm³/mol. The van der Waals surface area contributed by atoms with Crippen LogP contribution in [0.4, 0.5) is 0 Å². The maximum absolute atomic E-state index is 5.96. The van der Waals surface area contributed by atoms with Crippen molar-refractivity contribution in [3.05, 3.63) is 45.5 Å². The summed E-state index contributed by atoms with van der Waals surface area (Å²) in [6, 6.07) is 5.78. The summed E-state index contributed by atoms with van der Waals surface area (Å²) < 4.78 is 0. The maximum Gasteiger partial charge on any atom is 0.0595 e. The highest BCUT2D eigenvalue weighted by atomic mass is 35.5. The van der Waals surface area contributed by atoms with Crippen molar-refractivity contribution in [2.75, 3.05) is 6.54 Å². The molecule has 1 aromatic carbocycles. The Morgan fingerprint density at radius 1 is 1.18 bits per heavy atom. The Labute approximate surface area is 113 Å². The molecule has 17 heavy (non-hydrogen) atoms. The van der Waals surface area contributed by atoms with Gasteiger partial charge in [-0.15, -0.1) is 0 Å². The van der Waals surface area contributed by atoms with Gasteiger partial charge in [0.05, 0.1) is 10.0 Å². The lowest BCUT2D eigenvalue weighted by atomic mass is 10.1. The SMILES string of the molecule is Clc1ccc(CNCCC2=CCCC2)cc1Cl. The Morgan fingerprint density at radius 2 is 2.06 bits per heavy atom. The summed E-state index contributed by atoms with van der Waals surface area (Å²) in [5, 5.41) is 4.68. The zero-order chi connectivity index (χ0) is 12.1. The number of benzene rings is 1. The van der Waals surface area contributed by atoms with E-state index in [1.165, 1.54) is 31.2 Å². The summed E-state index contributed by atoms with van der Waals surface area (Å²) in [7, 11) is 0. The molecular weight excluding hydrogens is 253 g/mol. The second-order valence-corrected chi connectivity index (χ2v) is 5.24. The zero-order valence-electron chi connectivity index (χ0n) is 9.81. The molecular formula is C14H17Cl2N. The highest BCUT2D eigenvalue weighted by Crippen LogP contribution is 2.22. The van der Waals surface area contributed by atoms with Gasteiger partial charge in [0.15, 0.2) is 0 Å². The minimum atomic E-state index is 0.617. The average molecular weight is 270 g/mol. The van der Waals surface area contributed by atoms with Gasteiger partial charge in [-0.1, -0.05) is 40.9 Å². The number of nitrogens with one attached hydrogen (secondary N) is 1. The number of allylic oxidation sites excluding steroid dienone is 1. The van der Waals surface area contributed by atoms with Gasteiger partial charge in [-0.25, -0.2) is 0 Å². The normalized spacial score (nSPS) is 15.1.